The number of hydrogen-bond donors (Lipinski definition) is 0. The Morgan fingerprint density at radius 2 is 1.62 bits per heavy atom. The molecule has 152 valence electrons. The second-order valence-electron chi connectivity index (χ2n) is 7.13. The van der Waals surface area contributed by atoms with Crippen LogP contribution in [-0.4, -0.2) is 59.8 Å². The fourth-order valence-corrected chi connectivity index (χ4v) is 4.65. The average Bonchev–Trinajstić information content (AvgIpc) is 2.71. The van der Waals surface area contributed by atoms with Crippen molar-refractivity contribution in [1.29, 1.82) is 0 Å². The van der Waals surface area contributed by atoms with Gasteiger partial charge in [0.1, 0.15) is 10.5 Å². The van der Waals surface area contributed by atoms with Gasteiger partial charge in [-0.3, -0.25) is 4.90 Å². The molecule has 0 N–H and O–H groups in total. The van der Waals surface area contributed by atoms with E-state index in [2.05, 4.69) is 4.90 Å². The highest BCUT2D eigenvalue weighted by Gasteiger charge is 2.24. The lowest BCUT2D eigenvalue weighted by molar-refractivity contribution is 0.145. The highest BCUT2D eigenvalue weighted by atomic mass is 32.2. The molecule has 0 atom stereocenters. The van der Waals surface area contributed by atoms with Gasteiger partial charge in [-0.05, 0) is 24.3 Å². The number of hydrogen-bond acceptors (Lipinski definition) is 5. The SMILES string of the molecule is CS(=O)(=O)N1CCN(Cn2nc(-c3ccc(F)cc3)c3ccccc3c2=S)CC1. The molecule has 1 aliphatic rings. The third-order valence-corrected chi connectivity index (χ3v) is 6.85. The smallest absolute Gasteiger partial charge is 0.211 e. The fourth-order valence-electron chi connectivity index (χ4n) is 3.54. The number of benzene rings is 2. The van der Waals surface area contributed by atoms with Gasteiger partial charge < -0.3 is 0 Å². The number of nitrogens with zero attached hydrogens (tertiary/aromatic N) is 4. The second-order valence-corrected chi connectivity index (χ2v) is 9.50. The van der Waals surface area contributed by atoms with Crippen LogP contribution in [0.4, 0.5) is 4.39 Å². The first-order valence-corrected chi connectivity index (χ1v) is 11.5. The zero-order valence-electron chi connectivity index (χ0n) is 16.0. The predicted molar refractivity (Wildman–Crippen MR) is 114 cm³/mol. The van der Waals surface area contributed by atoms with E-state index in [1.54, 1.807) is 16.8 Å². The lowest BCUT2D eigenvalue weighted by Gasteiger charge is -2.33. The monoisotopic (exact) mass is 432 g/mol. The first-order chi connectivity index (χ1) is 13.8. The van der Waals surface area contributed by atoms with Crippen molar-refractivity contribution in [3.05, 3.63) is 59.0 Å². The fraction of sp³-hybridized carbons (Fsp3) is 0.300. The Labute approximate surface area is 174 Å². The minimum atomic E-state index is -3.17. The molecule has 1 aromatic heterocycles. The lowest BCUT2D eigenvalue weighted by Crippen LogP contribution is -2.48. The summed E-state index contributed by atoms with van der Waals surface area (Å²) in [6, 6.07) is 14.0. The molecule has 0 unspecified atom stereocenters. The summed E-state index contributed by atoms with van der Waals surface area (Å²) >= 11 is 5.68. The van der Waals surface area contributed by atoms with Crippen LogP contribution in [-0.2, 0) is 16.7 Å². The molecule has 1 fully saturated rings. The number of sulfonamides is 1. The minimum Gasteiger partial charge on any atom is -0.282 e. The molecule has 6 nitrogen and oxygen atoms in total. The van der Waals surface area contributed by atoms with Gasteiger partial charge in [0.15, 0.2) is 0 Å². The standard InChI is InChI=1S/C20H21FN4O2S2/c1-29(26,27)24-12-10-23(11-13-24)14-25-20(28)18-5-3-2-4-17(18)19(22-25)15-6-8-16(21)9-7-15/h2-9H,10-14H2,1H3. The first kappa shape index (κ1) is 20.1. The van der Waals surface area contributed by atoms with Gasteiger partial charge in [0.25, 0.3) is 0 Å². The zero-order chi connectivity index (χ0) is 20.6. The third-order valence-electron chi connectivity index (χ3n) is 5.12. The van der Waals surface area contributed by atoms with Crippen molar-refractivity contribution in [1.82, 2.24) is 19.0 Å². The van der Waals surface area contributed by atoms with Crippen LogP contribution in [0.5, 0.6) is 0 Å². The molecule has 0 saturated carbocycles. The Morgan fingerprint density at radius 1 is 1.00 bits per heavy atom. The molecule has 1 aliphatic heterocycles. The Balaban J connectivity index is 1.69. The largest absolute Gasteiger partial charge is 0.282 e. The summed E-state index contributed by atoms with van der Waals surface area (Å²) in [6.45, 7) is 2.58. The minimum absolute atomic E-state index is 0.297. The molecule has 4 rings (SSSR count). The molecule has 2 aromatic carbocycles. The molecule has 0 aliphatic carbocycles. The van der Waals surface area contributed by atoms with E-state index >= 15 is 0 Å². The van der Waals surface area contributed by atoms with Crippen molar-refractivity contribution in [3.63, 3.8) is 0 Å². The van der Waals surface area contributed by atoms with Crippen molar-refractivity contribution in [3.8, 4) is 11.3 Å². The van der Waals surface area contributed by atoms with Crippen molar-refractivity contribution in [2.75, 3.05) is 32.4 Å². The molecule has 0 amide bonds. The second kappa shape index (κ2) is 7.91. The Morgan fingerprint density at radius 3 is 2.24 bits per heavy atom. The Bertz CT molecular complexity index is 1200. The predicted octanol–water partition coefficient (Wildman–Crippen LogP) is 3.11. The van der Waals surface area contributed by atoms with Gasteiger partial charge in [-0.25, -0.2) is 17.5 Å². The van der Waals surface area contributed by atoms with Crippen LogP contribution in [0.25, 0.3) is 22.0 Å². The Hall–Kier alpha value is -2.20. The third kappa shape index (κ3) is 4.23. The van der Waals surface area contributed by atoms with Gasteiger partial charge in [-0.15, -0.1) is 0 Å². The van der Waals surface area contributed by atoms with Gasteiger partial charge in [0.05, 0.1) is 18.6 Å². The van der Waals surface area contributed by atoms with Gasteiger partial charge in [-0.2, -0.15) is 9.40 Å². The molecule has 0 spiro atoms. The van der Waals surface area contributed by atoms with E-state index in [4.69, 9.17) is 17.3 Å². The number of piperazine rings is 1. The maximum absolute atomic E-state index is 13.4. The van der Waals surface area contributed by atoms with E-state index in [0.717, 1.165) is 22.0 Å². The first-order valence-electron chi connectivity index (χ1n) is 9.26. The molecular weight excluding hydrogens is 411 g/mol. The summed E-state index contributed by atoms with van der Waals surface area (Å²) in [7, 11) is -3.17. The van der Waals surface area contributed by atoms with Gasteiger partial charge in [0, 0.05) is 42.5 Å². The molecule has 9 heteroatoms. The van der Waals surface area contributed by atoms with E-state index in [9.17, 15) is 12.8 Å². The molecule has 1 saturated heterocycles. The lowest BCUT2D eigenvalue weighted by atomic mass is 10.1. The zero-order valence-corrected chi connectivity index (χ0v) is 17.6. The van der Waals surface area contributed by atoms with Crippen LogP contribution >= 0.6 is 12.2 Å². The van der Waals surface area contributed by atoms with Crippen LogP contribution in [0, 0.1) is 10.5 Å². The number of aromatic nitrogens is 2. The van der Waals surface area contributed by atoms with Crippen LogP contribution in [0.15, 0.2) is 48.5 Å². The van der Waals surface area contributed by atoms with Gasteiger partial charge >= 0.3 is 0 Å². The van der Waals surface area contributed by atoms with Crippen LogP contribution < -0.4 is 0 Å². The van der Waals surface area contributed by atoms with Crippen LogP contribution in [0.2, 0.25) is 0 Å². The van der Waals surface area contributed by atoms with Crippen molar-refractivity contribution in [2.24, 2.45) is 0 Å². The summed E-state index contributed by atoms with van der Waals surface area (Å²) in [5.74, 6) is -0.297. The van der Waals surface area contributed by atoms with E-state index in [1.165, 1.54) is 22.7 Å². The van der Waals surface area contributed by atoms with E-state index < -0.39 is 10.0 Å². The number of halogens is 1. The van der Waals surface area contributed by atoms with E-state index in [1.807, 2.05) is 24.3 Å². The van der Waals surface area contributed by atoms with Crippen molar-refractivity contribution < 1.29 is 12.8 Å². The summed E-state index contributed by atoms with van der Waals surface area (Å²) in [4.78, 5) is 2.13. The highest BCUT2D eigenvalue weighted by Crippen LogP contribution is 2.27. The van der Waals surface area contributed by atoms with E-state index in [-0.39, 0.29) is 5.82 Å². The highest BCUT2D eigenvalue weighted by molar-refractivity contribution is 7.88. The summed E-state index contributed by atoms with van der Waals surface area (Å²) in [6.07, 6.45) is 1.23. The van der Waals surface area contributed by atoms with Crippen molar-refractivity contribution >= 4 is 33.0 Å². The quantitative estimate of drug-likeness (QED) is 0.593. The normalized spacial score (nSPS) is 16.3. The van der Waals surface area contributed by atoms with Crippen molar-refractivity contribution in [2.45, 2.75) is 6.67 Å². The topological polar surface area (TPSA) is 58.4 Å². The average molecular weight is 433 g/mol. The summed E-state index contributed by atoms with van der Waals surface area (Å²) < 4.78 is 40.7. The molecule has 0 bridgehead atoms. The molecule has 29 heavy (non-hydrogen) atoms. The number of rotatable bonds is 4. The maximum atomic E-state index is 13.4. The molecule has 3 aromatic rings. The molecule has 2 heterocycles. The van der Waals surface area contributed by atoms with Gasteiger partial charge in [0.2, 0.25) is 10.0 Å². The van der Waals surface area contributed by atoms with Crippen LogP contribution in [0.1, 0.15) is 0 Å². The van der Waals surface area contributed by atoms with Crippen LogP contribution in [0.3, 0.4) is 0 Å². The molecule has 0 radical (unpaired) electrons. The maximum Gasteiger partial charge on any atom is 0.211 e. The molecular formula is C20H21FN4O2S2. The summed E-state index contributed by atoms with van der Waals surface area (Å²) in [5, 5.41) is 6.61. The van der Waals surface area contributed by atoms with Gasteiger partial charge in [-0.1, -0.05) is 36.5 Å². The number of fused-ring (bicyclic) bond motifs is 1. The Kier molecular flexibility index (Phi) is 5.48. The summed E-state index contributed by atoms with van der Waals surface area (Å²) in [5.41, 5.74) is 1.55. The van der Waals surface area contributed by atoms with E-state index in [0.29, 0.717) is 37.5 Å².